The summed E-state index contributed by atoms with van der Waals surface area (Å²) >= 11 is 0. The van der Waals surface area contributed by atoms with Gasteiger partial charge in [0.15, 0.2) is 0 Å². The van der Waals surface area contributed by atoms with E-state index in [2.05, 4.69) is 20.7 Å². The molecule has 1 unspecified atom stereocenters. The van der Waals surface area contributed by atoms with Gasteiger partial charge in [-0.3, -0.25) is 4.79 Å². The van der Waals surface area contributed by atoms with Gasteiger partial charge in [0.1, 0.15) is 17.8 Å². The van der Waals surface area contributed by atoms with Crippen LogP contribution in [0.2, 0.25) is 0 Å². The Kier molecular flexibility index (Phi) is 4.37. The summed E-state index contributed by atoms with van der Waals surface area (Å²) in [4.78, 5) is 14.2. The molecule has 8 heteroatoms. The van der Waals surface area contributed by atoms with Crippen LogP contribution in [0.5, 0.6) is 0 Å². The Morgan fingerprint density at radius 1 is 1.29 bits per heavy atom. The molecular formula is C16H18N6O2. The Hall–Kier alpha value is -3.03. The van der Waals surface area contributed by atoms with E-state index in [1.165, 1.54) is 6.26 Å². The average molecular weight is 326 g/mol. The van der Waals surface area contributed by atoms with Gasteiger partial charge in [-0.25, -0.2) is 4.68 Å². The summed E-state index contributed by atoms with van der Waals surface area (Å²) in [5, 5.41) is 15.3. The van der Waals surface area contributed by atoms with Gasteiger partial charge in [-0.15, -0.1) is 5.10 Å². The van der Waals surface area contributed by atoms with E-state index in [0.717, 1.165) is 17.1 Å². The van der Waals surface area contributed by atoms with Gasteiger partial charge in [-0.05, 0) is 42.0 Å². The third-order valence-electron chi connectivity index (χ3n) is 4.03. The van der Waals surface area contributed by atoms with Crippen LogP contribution < -0.4 is 0 Å². The van der Waals surface area contributed by atoms with Crippen molar-refractivity contribution in [2.75, 3.05) is 7.05 Å². The minimum absolute atomic E-state index is 0.0735. The Morgan fingerprint density at radius 2 is 2.04 bits per heavy atom. The smallest absolute Gasteiger partial charge is 0.254 e. The molecule has 0 fully saturated rings. The van der Waals surface area contributed by atoms with Gasteiger partial charge in [0.25, 0.3) is 5.91 Å². The number of benzene rings is 1. The number of hydrogen-bond donors (Lipinski definition) is 0. The standard InChI is InChI=1S/C16H18N6O2/c1-11(15-8-9-24-18-15)21(3)16(23)14-6-4-13(5-7-14)10-22-12(2)17-19-20-22/h4-9,11H,10H2,1-3H3. The van der Waals surface area contributed by atoms with Crippen molar-refractivity contribution >= 4 is 5.91 Å². The number of aromatic nitrogens is 5. The van der Waals surface area contributed by atoms with E-state index in [0.29, 0.717) is 12.1 Å². The molecule has 0 aliphatic heterocycles. The number of amides is 1. The molecule has 0 saturated heterocycles. The molecule has 0 N–H and O–H groups in total. The highest BCUT2D eigenvalue weighted by molar-refractivity contribution is 5.94. The van der Waals surface area contributed by atoms with Crippen LogP contribution in [-0.2, 0) is 6.54 Å². The zero-order valence-electron chi connectivity index (χ0n) is 13.7. The van der Waals surface area contributed by atoms with Crippen LogP contribution in [0, 0.1) is 6.92 Å². The van der Waals surface area contributed by atoms with Gasteiger partial charge in [-0.2, -0.15) is 0 Å². The predicted molar refractivity (Wildman–Crippen MR) is 85.1 cm³/mol. The fourth-order valence-electron chi connectivity index (χ4n) is 2.34. The molecule has 2 aromatic heterocycles. The van der Waals surface area contributed by atoms with Crippen molar-refractivity contribution in [3.05, 3.63) is 59.2 Å². The number of nitrogens with zero attached hydrogens (tertiary/aromatic N) is 6. The Labute approximate surface area is 139 Å². The highest BCUT2D eigenvalue weighted by Crippen LogP contribution is 2.19. The fraction of sp³-hybridized carbons (Fsp3) is 0.312. The third-order valence-corrected chi connectivity index (χ3v) is 4.03. The minimum atomic E-state index is -0.167. The third kappa shape index (κ3) is 3.17. The van der Waals surface area contributed by atoms with Crippen molar-refractivity contribution in [1.82, 2.24) is 30.3 Å². The largest absolute Gasteiger partial charge is 0.364 e. The molecule has 3 aromatic rings. The van der Waals surface area contributed by atoms with Crippen LogP contribution in [0.25, 0.3) is 0 Å². The molecule has 3 rings (SSSR count). The molecule has 0 bridgehead atoms. The van der Waals surface area contributed by atoms with E-state index >= 15 is 0 Å². The molecule has 0 spiro atoms. The van der Waals surface area contributed by atoms with E-state index in [-0.39, 0.29) is 11.9 Å². The number of carbonyl (C=O) groups excluding carboxylic acids is 1. The molecule has 1 atom stereocenters. The summed E-state index contributed by atoms with van der Waals surface area (Å²) in [5.41, 5.74) is 2.36. The summed E-state index contributed by atoms with van der Waals surface area (Å²) in [5.74, 6) is 0.673. The fourth-order valence-corrected chi connectivity index (χ4v) is 2.34. The highest BCUT2D eigenvalue weighted by atomic mass is 16.5. The van der Waals surface area contributed by atoms with Crippen LogP contribution in [0.4, 0.5) is 0 Å². The van der Waals surface area contributed by atoms with E-state index in [4.69, 9.17) is 4.52 Å². The van der Waals surface area contributed by atoms with Crippen molar-refractivity contribution < 1.29 is 9.32 Å². The molecular weight excluding hydrogens is 308 g/mol. The molecule has 124 valence electrons. The van der Waals surface area contributed by atoms with Crippen molar-refractivity contribution in [2.24, 2.45) is 0 Å². The molecule has 0 radical (unpaired) electrons. The van der Waals surface area contributed by atoms with Gasteiger partial charge in [-0.1, -0.05) is 17.3 Å². The average Bonchev–Trinajstić information content (AvgIpc) is 3.26. The van der Waals surface area contributed by atoms with Gasteiger partial charge >= 0.3 is 0 Å². The maximum absolute atomic E-state index is 12.6. The lowest BCUT2D eigenvalue weighted by atomic mass is 10.1. The maximum atomic E-state index is 12.6. The first kappa shape index (κ1) is 15.9. The number of aryl methyl sites for hydroxylation is 1. The summed E-state index contributed by atoms with van der Waals surface area (Å²) in [6.45, 7) is 4.32. The summed E-state index contributed by atoms with van der Waals surface area (Å²) in [7, 11) is 1.75. The molecule has 8 nitrogen and oxygen atoms in total. The lowest BCUT2D eigenvalue weighted by Gasteiger charge is -2.23. The monoisotopic (exact) mass is 326 g/mol. The second-order valence-electron chi connectivity index (χ2n) is 5.60. The van der Waals surface area contributed by atoms with E-state index in [1.807, 2.05) is 38.1 Å². The molecule has 2 heterocycles. The number of tetrazole rings is 1. The zero-order valence-corrected chi connectivity index (χ0v) is 13.7. The summed E-state index contributed by atoms with van der Waals surface area (Å²) in [6.07, 6.45) is 1.50. The van der Waals surface area contributed by atoms with Gasteiger partial charge in [0.2, 0.25) is 0 Å². The van der Waals surface area contributed by atoms with E-state index in [9.17, 15) is 4.79 Å². The van der Waals surface area contributed by atoms with Crippen molar-refractivity contribution in [3.8, 4) is 0 Å². The first-order valence-corrected chi connectivity index (χ1v) is 7.55. The predicted octanol–water partition coefficient (Wildman–Crippen LogP) is 1.85. The number of carbonyl (C=O) groups is 1. The van der Waals surface area contributed by atoms with Crippen molar-refractivity contribution in [1.29, 1.82) is 0 Å². The molecule has 1 aromatic carbocycles. The lowest BCUT2D eigenvalue weighted by Crippen LogP contribution is -2.29. The van der Waals surface area contributed by atoms with Gasteiger partial charge in [0.05, 0.1) is 12.6 Å². The molecule has 1 amide bonds. The van der Waals surface area contributed by atoms with Crippen molar-refractivity contribution in [3.63, 3.8) is 0 Å². The minimum Gasteiger partial charge on any atom is -0.364 e. The zero-order chi connectivity index (χ0) is 17.1. The van der Waals surface area contributed by atoms with Crippen LogP contribution in [0.15, 0.2) is 41.1 Å². The second-order valence-corrected chi connectivity index (χ2v) is 5.60. The Morgan fingerprint density at radius 3 is 2.62 bits per heavy atom. The van der Waals surface area contributed by atoms with Gasteiger partial charge in [0, 0.05) is 18.7 Å². The van der Waals surface area contributed by atoms with E-state index in [1.54, 1.807) is 22.7 Å². The van der Waals surface area contributed by atoms with Crippen molar-refractivity contribution in [2.45, 2.75) is 26.4 Å². The SMILES string of the molecule is Cc1nnnn1Cc1ccc(C(=O)N(C)C(C)c2ccon2)cc1. The Balaban J connectivity index is 1.70. The van der Waals surface area contributed by atoms with Crippen LogP contribution in [0.3, 0.4) is 0 Å². The molecule has 0 aliphatic rings. The van der Waals surface area contributed by atoms with Crippen LogP contribution in [0.1, 0.15) is 40.4 Å². The number of rotatable bonds is 5. The first-order valence-electron chi connectivity index (χ1n) is 7.55. The van der Waals surface area contributed by atoms with Crippen LogP contribution in [-0.4, -0.2) is 43.2 Å². The normalized spacial score (nSPS) is 12.1. The maximum Gasteiger partial charge on any atom is 0.254 e. The topological polar surface area (TPSA) is 89.9 Å². The van der Waals surface area contributed by atoms with Gasteiger partial charge < -0.3 is 9.42 Å². The summed E-state index contributed by atoms with van der Waals surface area (Å²) < 4.78 is 6.54. The molecule has 24 heavy (non-hydrogen) atoms. The quantitative estimate of drug-likeness (QED) is 0.711. The second kappa shape index (κ2) is 6.61. The van der Waals surface area contributed by atoms with E-state index < -0.39 is 0 Å². The highest BCUT2D eigenvalue weighted by Gasteiger charge is 2.20. The summed E-state index contributed by atoms with van der Waals surface area (Å²) in [6, 6.07) is 9.02. The Bertz CT molecular complexity index is 809. The lowest BCUT2D eigenvalue weighted by molar-refractivity contribution is 0.0737. The molecule has 0 saturated carbocycles. The van der Waals surface area contributed by atoms with Crippen LogP contribution >= 0.6 is 0 Å². The number of hydrogen-bond acceptors (Lipinski definition) is 6. The first-order chi connectivity index (χ1) is 11.6. The molecule has 0 aliphatic carbocycles.